The third-order valence-electron chi connectivity index (χ3n) is 3.24. The van der Waals surface area contributed by atoms with Crippen LogP contribution in [0.2, 0.25) is 0 Å². The molecule has 0 saturated heterocycles. The Hall–Kier alpha value is -1.63. The minimum Gasteiger partial charge on any atom is -0.347 e. The average molecular weight is 306 g/mol. The number of halogens is 4. The summed E-state index contributed by atoms with van der Waals surface area (Å²) >= 11 is 0. The van der Waals surface area contributed by atoms with Crippen LogP contribution in [0.15, 0.2) is 24.3 Å². The zero-order valence-corrected chi connectivity index (χ0v) is 12.0. The molecule has 1 aromatic carbocycles. The van der Waals surface area contributed by atoms with Crippen LogP contribution in [-0.4, -0.2) is 17.6 Å². The quantitative estimate of drug-likeness (QED) is 0.840. The number of alkyl halides is 3. The third-order valence-corrected chi connectivity index (χ3v) is 3.24. The molecule has 1 aromatic rings. The smallest absolute Gasteiger partial charge is 0.347 e. The zero-order valence-electron chi connectivity index (χ0n) is 12.0. The molecule has 2 atom stereocenters. The van der Waals surface area contributed by atoms with Crippen LogP contribution >= 0.6 is 0 Å². The van der Waals surface area contributed by atoms with Crippen LogP contribution < -0.4 is 11.1 Å². The average Bonchev–Trinajstić information content (AvgIpc) is 2.35. The number of rotatable bonds is 4. The van der Waals surface area contributed by atoms with E-state index in [0.29, 0.717) is 12.5 Å². The van der Waals surface area contributed by atoms with Crippen LogP contribution in [0, 0.1) is 11.7 Å². The molecule has 3 N–H and O–H groups in total. The van der Waals surface area contributed by atoms with Gasteiger partial charge in [0.2, 0.25) is 5.91 Å². The Morgan fingerprint density at radius 3 is 2.05 bits per heavy atom. The molecule has 0 radical (unpaired) electrons. The van der Waals surface area contributed by atoms with E-state index in [2.05, 4.69) is 5.32 Å². The third kappa shape index (κ3) is 3.93. The molecule has 0 aliphatic heterocycles. The first-order valence-electron chi connectivity index (χ1n) is 6.39. The highest BCUT2D eigenvalue weighted by atomic mass is 19.4. The van der Waals surface area contributed by atoms with Gasteiger partial charge in [0.05, 0.1) is 6.04 Å². The lowest BCUT2D eigenvalue weighted by Gasteiger charge is -2.30. The summed E-state index contributed by atoms with van der Waals surface area (Å²) in [6.07, 6.45) is -4.86. The molecule has 0 aromatic heterocycles. The molecule has 0 saturated carbocycles. The Morgan fingerprint density at radius 1 is 1.19 bits per heavy atom. The normalized spacial score (nSPS) is 16.4. The Morgan fingerprint density at radius 2 is 1.67 bits per heavy atom. The molecule has 1 amide bonds. The van der Waals surface area contributed by atoms with E-state index in [1.54, 1.807) is 13.8 Å². The molecule has 0 heterocycles. The van der Waals surface area contributed by atoms with Crippen molar-refractivity contribution in [3.63, 3.8) is 0 Å². The van der Waals surface area contributed by atoms with Crippen molar-refractivity contribution in [3.05, 3.63) is 35.6 Å². The Balaban J connectivity index is 3.00. The van der Waals surface area contributed by atoms with Crippen molar-refractivity contribution in [2.45, 2.75) is 38.5 Å². The lowest BCUT2D eigenvalue weighted by atomic mass is 9.94. The number of amides is 1. The molecule has 0 spiro atoms. The fourth-order valence-electron chi connectivity index (χ4n) is 1.72. The number of hydrogen-bond donors (Lipinski definition) is 2. The number of benzene rings is 1. The van der Waals surface area contributed by atoms with Gasteiger partial charge in [-0.25, -0.2) is 4.39 Å². The fourth-order valence-corrected chi connectivity index (χ4v) is 1.72. The maximum Gasteiger partial charge on any atom is 0.415 e. The van der Waals surface area contributed by atoms with Gasteiger partial charge in [-0.15, -0.1) is 0 Å². The van der Waals surface area contributed by atoms with Crippen LogP contribution in [0.1, 0.15) is 32.4 Å². The zero-order chi connectivity index (χ0) is 16.4. The molecular weight excluding hydrogens is 288 g/mol. The van der Waals surface area contributed by atoms with Crippen molar-refractivity contribution in [1.29, 1.82) is 0 Å². The summed E-state index contributed by atoms with van der Waals surface area (Å²) in [6, 6.07) is 4.51. The monoisotopic (exact) mass is 306 g/mol. The highest BCUT2D eigenvalue weighted by Crippen LogP contribution is 2.30. The molecule has 21 heavy (non-hydrogen) atoms. The number of hydrogen-bond acceptors (Lipinski definition) is 2. The van der Waals surface area contributed by atoms with E-state index in [0.717, 1.165) is 0 Å². The van der Waals surface area contributed by atoms with Gasteiger partial charge in [-0.2, -0.15) is 13.2 Å². The summed E-state index contributed by atoms with van der Waals surface area (Å²) in [7, 11) is 0. The van der Waals surface area contributed by atoms with Gasteiger partial charge in [0.25, 0.3) is 0 Å². The predicted molar refractivity (Wildman–Crippen MR) is 70.8 cm³/mol. The molecule has 118 valence electrons. The molecule has 0 bridgehead atoms. The van der Waals surface area contributed by atoms with Crippen molar-refractivity contribution in [1.82, 2.24) is 5.32 Å². The summed E-state index contributed by atoms with van der Waals surface area (Å²) < 4.78 is 51.2. The van der Waals surface area contributed by atoms with E-state index < -0.39 is 29.5 Å². The maximum absolute atomic E-state index is 12.9. The van der Waals surface area contributed by atoms with E-state index in [4.69, 9.17) is 5.73 Å². The lowest BCUT2D eigenvalue weighted by molar-refractivity contribution is -0.188. The number of nitrogens with two attached hydrogens (primary N) is 1. The van der Waals surface area contributed by atoms with Gasteiger partial charge in [-0.1, -0.05) is 26.0 Å². The summed E-state index contributed by atoms with van der Waals surface area (Å²) in [5, 5.41) is 2.29. The Bertz CT molecular complexity index is 495. The highest BCUT2D eigenvalue weighted by molar-refractivity contribution is 5.87. The highest BCUT2D eigenvalue weighted by Gasteiger charge is 2.54. The van der Waals surface area contributed by atoms with Gasteiger partial charge < -0.3 is 11.1 Å². The first kappa shape index (κ1) is 17.4. The Labute approximate surface area is 120 Å². The van der Waals surface area contributed by atoms with Gasteiger partial charge in [-0.05, 0) is 30.5 Å². The molecule has 1 rings (SSSR count). The van der Waals surface area contributed by atoms with Crippen LogP contribution in [0.3, 0.4) is 0 Å². The number of carbonyl (C=O) groups excluding carboxylic acids is 1. The largest absolute Gasteiger partial charge is 0.415 e. The molecule has 7 heteroatoms. The summed E-state index contributed by atoms with van der Waals surface area (Å²) in [4.78, 5) is 11.8. The van der Waals surface area contributed by atoms with Crippen LogP contribution in [0.5, 0.6) is 0 Å². The van der Waals surface area contributed by atoms with Crippen molar-refractivity contribution >= 4 is 5.91 Å². The topological polar surface area (TPSA) is 55.1 Å². The van der Waals surface area contributed by atoms with Crippen LogP contribution in [-0.2, 0) is 4.79 Å². The van der Waals surface area contributed by atoms with Gasteiger partial charge in [0.1, 0.15) is 5.82 Å². The van der Waals surface area contributed by atoms with Crippen molar-refractivity contribution in [3.8, 4) is 0 Å². The lowest BCUT2D eigenvalue weighted by Crippen LogP contribution is -2.62. The van der Waals surface area contributed by atoms with Gasteiger partial charge in [0, 0.05) is 0 Å². The van der Waals surface area contributed by atoms with Crippen LogP contribution in [0.4, 0.5) is 17.6 Å². The van der Waals surface area contributed by atoms with Gasteiger partial charge in [-0.3, -0.25) is 4.79 Å². The van der Waals surface area contributed by atoms with E-state index in [1.807, 2.05) is 0 Å². The predicted octanol–water partition coefficient (Wildman–Crippen LogP) is 2.92. The second-order valence-electron chi connectivity index (χ2n) is 5.45. The minimum atomic E-state index is -4.86. The summed E-state index contributed by atoms with van der Waals surface area (Å²) in [5.41, 5.74) is 2.62. The van der Waals surface area contributed by atoms with Crippen molar-refractivity contribution < 1.29 is 22.4 Å². The van der Waals surface area contributed by atoms with Crippen molar-refractivity contribution in [2.75, 3.05) is 0 Å². The van der Waals surface area contributed by atoms with Crippen molar-refractivity contribution in [2.24, 2.45) is 11.7 Å². The van der Waals surface area contributed by atoms with E-state index >= 15 is 0 Å². The SMILES string of the molecule is CC(C)C(NC(=O)C(C)(N)C(F)(F)F)c1ccc(F)cc1. The van der Waals surface area contributed by atoms with Gasteiger partial charge >= 0.3 is 6.18 Å². The van der Waals surface area contributed by atoms with Gasteiger partial charge in [0.15, 0.2) is 5.54 Å². The summed E-state index contributed by atoms with van der Waals surface area (Å²) in [5.74, 6) is -1.98. The minimum absolute atomic E-state index is 0.191. The molecule has 0 aliphatic rings. The molecule has 0 aliphatic carbocycles. The number of nitrogens with one attached hydrogen (secondary N) is 1. The fraction of sp³-hybridized carbons (Fsp3) is 0.500. The second-order valence-corrected chi connectivity index (χ2v) is 5.45. The molecule has 3 nitrogen and oxygen atoms in total. The second kappa shape index (κ2) is 6.01. The Kier molecular flexibility index (Phi) is 4.99. The first-order valence-corrected chi connectivity index (χ1v) is 6.39. The van der Waals surface area contributed by atoms with E-state index in [9.17, 15) is 22.4 Å². The van der Waals surface area contributed by atoms with Crippen LogP contribution in [0.25, 0.3) is 0 Å². The molecule has 0 fully saturated rings. The molecule has 2 unspecified atom stereocenters. The molecular formula is C14H18F4N2O. The van der Waals surface area contributed by atoms with E-state index in [-0.39, 0.29) is 5.92 Å². The first-order chi connectivity index (χ1) is 9.46. The number of carbonyl (C=O) groups is 1. The standard InChI is InChI=1S/C14H18F4N2O/c1-8(2)11(9-4-6-10(15)7-5-9)20-12(21)13(3,19)14(16,17)18/h4-8,11H,19H2,1-3H3,(H,20,21). The summed E-state index contributed by atoms with van der Waals surface area (Å²) in [6.45, 7) is 4.08. The van der Waals surface area contributed by atoms with E-state index in [1.165, 1.54) is 24.3 Å². The maximum atomic E-state index is 12.9.